The number of amides is 1. The molecule has 1 amide bonds. The summed E-state index contributed by atoms with van der Waals surface area (Å²) in [4.78, 5) is 12.6. The van der Waals surface area contributed by atoms with Gasteiger partial charge in [0, 0.05) is 25.2 Å². The standard InChI is InChI=1S/C20H22F2N2O5S/c1-28-18-12-15(6-9-17(18)29-20(21)22)19(25)23-13-14-4-7-16(8-5-14)30(26,27)24-10-2-3-11-24/h4-9,12,20H,2-3,10-11,13H2,1H3,(H,23,25). The van der Waals surface area contributed by atoms with E-state index in [1.807, 2.05) is 0 Å². The quantitative estimate of drug-likeness (QED) is 0.682. The van der Waals surface area contributed by atoms with Gasteiger partial charge in [0.2, 0.25) is 10.0 Å². The first-order chi connectivity index (χ1) is 14.3. The van der Waals surface area contributed by atoms with E-state index in [2.05, 4.69) is 10.1 Å². The fourth-order valence-electron chi connectivity index (χ4n) is 3.14. The molecule has 30 heavy (non-hydrogen) atoms. The first-order valence-electron chi connectivity index (χ1n) is 9.31. The number of hydrogen-bond acceptors (Lipinski definition) is 5. The van der Waals surface area contributed by atoms with Crippen LogP contribution in [0.15, 0.2) is 47.4 Å². The predicted octanol–water partition coefficient (Wildman–Crippen LogP) is 3.01. The van der Waals surface area contributed by atoms with Gasteiger partial charge in [-0.15, -0.1) is 0 Å². The lowest BCUT2D eigenvalue weighted by Crippen LogP contribution is -2.28. The Bertz CT molecular complexity index is 991. The van der Waals surface area contributed by atoms with Gasteiger partial charge < -0.3 is 14.8 Å². The van der Waals surface area contributed by atoms with Gasteiger partial charge in [0.05, 0.1) is 12.0 Å². The van der Waals surface area contributed by atoms with E-state index >= 15 is 0 Å². The Morgan fingerprint density at radius 3 is 2.37 bits per heavy atom. The highest BCUT2D eigenvalue weighted by Crippen LogP contribution is 2.29. The molecule has 7 nitrogen and oxygen atoms in total. The van der Waals surface area contributed by atoms with E-state index in [0.717, 1.165) is 12.8 Å². The summed E-state index contributed by atoms with van der Waals surface area (Å²) < 4.78 is 60.7. The van der Waals surface area contributed by atoms with Crippen LogP contribution in [0.4, 0.5) is 8.78 Å². The zero-order valence-electron chi connectivity index (χ0n) is 16.3. The molecule has 1 heterocycles. The van der Waals surface area contributed by atoms with E-state index in [1.54, 1.807) is 12.1 Å². The minimum atomic E-state index is -3.48. The summed E-state index contributed by atoms with van der Waals surface area (Å²) >= 11 is 0. The highest BCUT2D eigenvalue weighted by molar-refractivity contribution is 7.89. The Balaban J connectivity index is 1.63. The lowest BCUT2D eigenvalue weighted by molar-refractivity contribution is -0.0512. The number of carbonyl (C=O) groups is 1. The molecule has 1 aliphatic heterocycles. The van der Waals surface area contributed by atoms with Gasteiger partial charge in [-0.1, -0.05) is 12.1 Å². The highest BCUT2D eigenvalue weighted by Gasteiger charge is 2.26. The van der Waals surface area contributed by atoms with E-state index < -0.39 is 22.5 Å². The summed E-state index contributed by atoms with van der Waals surface area (Å²) in [5.74, 6) is -0.594. The van der Waals surface area contributed by atoms with Crippen molar-refractivity contribution in [2.24, 2.45) is 0 Å². The Kier molecular flexibility index (Phi) is 6.88. The number of hydrogen-bond donors (Lipinski definition) is 1. The summed E-state index contributed by atoms with van der Waals surface area (Å²) in [6.45, 7) is -1.77. The summed E-state index contributed by atoms with van der Waals surface area (Å²) in [5.41, 5.74) is 0.926. The van der Waals surface area contributed by atoms with Crippen LogP contribution in [0, 0.1) is 0 Å². The summed E-state index contributed by atoms with van der Waals surface area (Å²) in [6, 6.07) is 10.2. The Labute approximate surface area is 173 Å². The maximum atomic E-state index is 12.5. The van der Waals surface area contributed by atoms with E-state index in [1.165, 1.54) is 41.7 Å². The molecule has 1 aliphatic rings. The average Bonchev–Trinajstić information content (AvgIpc) is 3.28. The van der Waals surface area contributed by atoms with Crippen LogP contribution in [0.2, 0.25) is 0 Å². The molecule has 0 unspecified atom stereocenters. The van der Waals surface area contributed by atoms with Crippen molar-refractivity contribution < 1.29 is 31.5 Å². The molecule has 0 saturated carbocycles. The fourth-order valence-corrected chi connectivity index (χ4v) is 4.66. The molecule has 0 aliphatic carbocycles. The van der Waals surface area contributed by atoms with Crippen molar-refractivity contribution in [2.45, 2.75) is 30.9 Å². The van der Waals surface area contributed by atoms with Crippen LogP contribution in [-0.2, 0) is 16.6 Å². The van der Waals surface area contributed by atoms with Gasteiger partial charge in [0.1, 0.15) is 0 Å². The number of rotatable bonds is 8. The summed E-state index contributed by atoms with van der Waals surface area (Å²) in [6.07, 6.45) is 1.73. The second-order valence-corrected chi connectivity index (χ2v) is 8.62. The van der Waals surface area contributed by atoms with Crippen molar-refractivity contribution >= 4 is 15.9 Å². The molecular weight excluding hydrogens is 418 g/mol. The van der Waals surface area contributed by atoms with Crippen molar-refractivity contribution in [3.05, 3.63) is 53.6 Å². The number of carbonyl (C=O) groups excluding carboxylic acids is 1. The molecule has 162 valence electrons. The maximum Gasteiger partial charge on any atom is 0.387 e. The molecule has 3 rings (SSSR count). The number of benzene rings is 2. The second kappa shape index (κ2) is 9.40. The lowest BCUT2D eigenvalue weighted by Gasteiger charge is -2.15. The fraction of sp³-hybridized carbons (Fsp3) is 0.350. The predicted molar refractivity (Wildman–Crippen MR) is 105 cm³/mol. The van der Waals surface area contributed by atoms with Gasteiger partial charge in [0.25, 0.3) is 5.91 Å². The van der Waals surface area contributed by atoms with E-state index in [0.29, 0.717) is 18.7 Å². The molecule has 0 bridgehead atoms. The lowest BCUT2D eigenvalue weighted by atomic mass is 10.1. The number of ether oxygens (including phenoxy) is 2. The summed E-state index contributed by atoms with van der Waals surface area (Å²) in [7, 11) is -2.20. The van der Waals surface area contributed by atoms with Gasteiger partial charge in [-0.05, 0) is 48.7 Å². The van der Waals surface area contributed by atoms with Crippen LogP contribution in [0.25, 0.3) is 0 Å². The smallest absolute Gasteiger partial charge is 0.387 e. The van der Waals surface area contributed by atoms with Crippen LogP contribution in [0.5, 0.6) is 11.5 Å². The van der Waals surface area contributed by atoms with E-state index in [-0.39, 0.29) is 28.5 Å². The van der Waals surface area contributed by atoms with Crippen molar-refractivity contribution in [3.8, 4) is 11.5 Å². The van der Waals surface area contributed by atoms with E-state index in [4.69, 9.17) is 4.74 Å². The van der Waals surface area contributed by atoms with Crippen LogP contribution in [0.1, 0.15) is 28.8 Å². The number of halogens is 2. The van der Waals surface area contributed by atoms with Gasteiger partial charge in [-0.25, -0.2) is 8.42 Å². The van der Waals surface area contributed by atoms with Crippen molar-refractivity contribution in [3.63, 3.8) is 0 Å². The van der Waals surface area contributed by atoms with Crippen molar-refractivity contribution in [2.75, 3.05) is 20.2 Å². The minimum Gasteiger partial charge on any atom is -0.493 e. The summed E-state index contributed by atoms with van der Waals surface area (Å²) in [5, 5.41) is 2.70. The van der Waals surface area contributed by atoms with Gasteiger partial charge >= 0.3 is 6.61 Å². The second-order valence-electron chi connectivity index (χ2n) is 6.68. The Hall–Kier alpha value is -2.72. The normalized spacial score (nSPS) is 14.7. The molecular formula is C20H22F2N2O5S. The Morgan fingerprint density at radius 2 is 1.77 bits per heavy atom. The molecule has 10 heteroatoms. The third-order valence-corrected chi connectivity index (χ3v) is 6.63. The molecule has 0 radical (unpaired) electrons. The first-order valence-corrected chi connectivity index (χ1v) is 10.8. The largest absolute Gasteiger partial charge is 0.493 e. The van der Waals surface area contributed by atoms with Crippen LogP contribution in [-0.4, -0.2) is 45.4 Å². The zero-order valence-corrected chi connectivity index (χ0v) is 17.1. The van der Waals surface area contributed by atoms with E-state index in [9.17, 15) is 22.0 Å². The zero-order chi connectivity index (χ0) is 21.7. The molecule has 1 N–H and O–H groups in total. The molecule has 0 atom stereocenters. The first kappa shape index (κ1) is 22.0. The third-order valence-electron chi connectivity index (χ3n) is 4.72. The number of sulfonamides is 1. The Morgan fingerprint density at radius 1 is 1.10 bits per heavy atom. The average molecular weight is 440 g/mol. The van der Waals surface area contributed by atoms with Crippen molar-refractivity contribution in [1.82, 2.24) is 9.62 Å². The van der Waals surface area contributed by atoms with Gasteiger partial charge in [0.15, 0.2) is 11.5 Å². The number of nitrogens with one attached hydrogen (secondary N) is 1. The highest BCUT2D eigenvalue weighted by atomic mass is 32.2. The molecule has 1 saturated heterocycles. The van der Waals surface area contributed by atoms with Crippen LogP contribution < -0.4 is 14.8 Å². The molecule has 0 spiro atoms. The number of alkyl halides is 2. The molecule has 1 fully saturated rings. The maximum absolute atomic E-state index is 12.5. The molecule has 2 aromatic carbocycles. The topological polar surface area (TPSA) is 84.9 Å². The monoisotopic (exact) mass is 440 g/mol. The minimum absolute atomic E-state index is 0.0134. The third kappa shape index (κ3) is 5.06. The molecule has 2 aromatic rings. The molecule has 0 aromatic heterocycles. The van der Waals surface area contributed by atoms with Gasteiger partial charge in [-0.3, -0.25) is 4.79 Å². The number of nitrogens with zero attached hydrogens (tertiary/aromatic N) is 1. The number of methoxy groups -OCH3 is 1. The van der Waals surface area contributed by atoms with Crippen LogP contribution >= 0.6 is 0 Å². The SMILES string of the molecule is COc1cc(C(=O)NCc2ccc(S(=O)(=O)N3CCCC3)cc2)ccc1OC(F)F. The van der Waals surface area contributed by atoms with Gasteiger partial charge in [-0.2, -0.15) is 13.1 Å². The van der Waals surface area contributed by atoms with Crippen LogP contribution in [0.3, 0.4) is 0 Å². The van der Waals surface area contributed by atoms with Crippen molar-refractivity contribution in [1.29, 1.82) is 0 Å².